The van der Waals surface area contributed by atoms with Crippen LogP contribution in [0.5, 0.6) is 0 Å². The molecule has 3 aromatic carbocycles. The number of carbonyl (C=O) groups is 1. The molecular formula is C52H70O3P+. The zero-order valence-corrected chi connectivity index (χ0v) is 36.3. The van der Waals surface area contributed by atoms with Crippen molar-refractivity contribution >= 4 is 29.1 Å². The van der Waals surface area contributed by atoms with Crippen molar-refractivity contribution in [3.05, 3.63) is 103 Å². The highest BCUT2D eigenvalue weighted by molar-refractivity contribution is 7.95. The first-order valence-electron chi connectivity index (χ1n) is 22.3. The monoisotopic (exact) mass is 774 g/mol. The molecule has 300 valence electrons. The highest BCUT2D eigenvalue weighted by Crippen LogP contribution is 2.77. The maximum Gasteiger partial charge on any atom is 0.305 e. The predicted molar refractivity (Wildman–Crippen MR) is 235 cm³/mol. The van der Waals surface area contributed by atoms with Gasteiger partial charge in [0.1, 0.15) is 23.2 Å². The number of esters is 1. The standard InChI is InChI=1S/C52H70O3P/c1-37(2)41-27-32-52(34-33-50(6)42(47(41)52)25-26-44-49(5)30-29-45(53)48(3,4)43(49)28-31-51(44,50)7)36-55-46(54)24-17-35-56(38-18-11-8-12-19-38,39-20-13-9-14-21-39)40-22-15-10-16-23-40/h8-16,18-23,41-45,47,53H,1,17,24-36H2,2-7H3/q+1/t41-,42+,43-,44+,45-,47+,49-,50+,51+,52+/m0/s1. The maximum absolute atomic E-state index is 14.0. The van der Waals surface area contributed by atoms with Gasteiger partial charge < -0.3 is 9.84 Å². The molecule has 0 bridgehead atoms. The van der Waals surface area contributed by atoms with Crippen LogP contribution < -0.4 is 15.9 Å². The summed E-state index contributed by atoms with van der Waals surface area (Å²) >= 11 is 0. The molecule has 5 fully saturated rings. The number of aliphatic hydroxyl groups excluding tert-OH is 1. The Bertz CT molecular complexity index is 1780. The molecule has 56 heavy (non-hydrogen) atoms. The van der Waals surface area contributed by atoms with Crippen molar-refractivity contribution in [3.8, 4) is 0 Å². The quantitative estimate of drug-likeness (QED) is 0.127. The number of rotatable bonds is 10. The van der Waals surface area contributed by atoms with Crippen LogP contribution in [0.2, 0.25) is 0 Å². The van der Waals surface area contributed by atoms with E-state index in [0.717, 1.165) is 38.3 Å². The third-order valence-electron chi connectivity index (χ3n) is 18.2. The van der Waals surface area contributed by atoms with Crippen LogP contribution >= 0.6 is 7.26 Å². The van der Waals surface area contributed by atoms with Crippen LogP contribution in [0.25, 0.3) is 0 Å². The van der Waals surface area contributed by atoms with Crippen molar-refractivity contribution in [1.29, 1.82) is 0 Å². The summed E-state index contributed by atoms with van der Waals surface area (Å²) in [6.07, 6.45) is 13.9. The van der Waals surface area contributed by atoms with Gasteiger partial charge in [-0.15, -0.1) is 0 Å². The molecule has 0 unspecified atom stereocenters. The first-order valence-corrected chi connectivity index (χ1v) is 24.2. The summed E-state index contributed by atoms with van der Waals surface area (Å²) in [7, 11) is -1.99. The van der Waals surface area contributed by atoms with Crippen LogP contribution in [0.4, 0.5) is 0 Å². The van der Waals surface area contributed by atoms with Crippen LogP contribution in [-0.2, 0) is 9.53 Å². The minimum Gasteiger partial charge on any atom is -0.465 e. The molecule has 0 aliphatic heterocycles. The minimum atomic E-state index is -1.99. The lowest BCUT2D eigenvalue weighted by Gasteiger charge is -2.73. The molecule has 5 aliphatic rings. The van der Waals surface area contributed by atoms with E-state index in [1.165, 1.54) is 60.0 Å². The zero-order valence-electron chi connectivity index (χ0n) is 35.4. The molecule has 0 amide bonds. The van der Waals surface area contributed by atoms with Crippen molar-refractivity contribution in [1.82, 2.24) is 0 Å². The Morgan fingerprint density at radius 3 is 1.88 bits per heavy atom. The number of carbonyl (C=O) groups excluding carboxylic acids is 1. The number of aliphatic hydroxyl groups is 1. The highest BCUT2D eigenvalue weighted by Gasteiger charge is 2.71. The number of hydrogen-bond donors (Lipinski definition) is 1. The van der Waals surface area contributed by atoms with Crippen LogP contribution in [0.15, 0.2) is 103 Å². The molecule has 5 saturated carbocycles. The Labute approximate surface area is 339 Å². The molecule has 0 spiro atoms. The van der Waals surface area contributed by atoms with Crippen molar-refractivity contribution in [2.75, 3.05) is 12.8 Å². The van der Waals surface area contributed by atoms with Crippen molar-refractivity contribution in [3.63, 3.8) is 0 Å². The van der Waals surface area contributed by atoms with Gasteiger partial charge in [0.25, 0.3) is 0 Å². The zero-order chi connectivity index (χ0) is 39.6. The van der Waals surface area contributed by atoms with Gasteiger partial charge in [0.2, 0.25) is 0 Å². The molecule has 5 aliphatic carbocycles. The molecule has 0 radical (unpaired) electrons. The van der Waals surface area contributed by atoms with E-state index in [2.05, 4.69) is 139 Å². The number of allylic oxidation sites excluding steroid dienone is 1. The molecule has 4 heteroatoms. The topological polar surface area (TPSA) is 46.5 Å². The van der Waals surface area contributed by atoms with Gasteiger partial charge in [-0.1, -0.05) is 101 Å². The van der Waals surface area contributed by atoms with E-state index in [-0.39, 0.29) is 39.1 Å². The third kappa shape index (κ3) is 6.14. The summed E-state index contributed by atoms with van der Waals surface area (Å²) in [4.78, 5) is 14.0. The SMILES string of the molecule is C=C(C)[C@@H]1CC[C@]2(COC(=O)CCC[P+](c3ccccc3)(c3ccccc3)c3ccccc3)CC[C@]3(C)[C@H](CC[C@@H]4[C@@]5(C)CC[C@H](O)C(C)(C)[C@@H]5CC[C@]43C)[C@@H]12. The first-order chi connectivity index (χ1) is 26.7. The van der Waals surface area contributed by atoms with Crippen LogP contribution in [0.1, 0.15) is 119 Å². The Kier molecular flexibility index (Phi) is 10.6. The molecule has 1 N–H and O–H groups in total. The number of hydrogen-bond acceptors (Lipinski definition) is 3. The van der Waals surface area contributed by atoms with E-state index in [4.69, 9.17) is 4.74 Å². The average Bonchev–Trinajstić information content (AvgIpc) is 3.59. The van der Waals surface area contributed by atoms with Crippen molar-refractivity contribution < 1.29 is 14.6 Å². The fraction of sp³-hybridized carbons (Fsp3) is 0.596. The smallest absolute Gasteiger partial charge is 0.305 e. The lowest BCUT2D eigenvalue weighted by Crippen LogP contribution is -2.66. The Morgan fingerprint density at radius 2 is 1.30 bits per heavy atom. The second kappa shape index (κ2) is 14.8. The maximum atomic E-state index is 14.0. The van der Waals surface area contributed by atoms with E-state index in [1.54, 1.807) is 0 Å². The first kappa shape index (κ1) is 40.1. The summed E-state index contributed by atoms with van der Waals surface area (Å²) in [6.45, 7) is 20.2. The molecule has 10 atom stereocenters. The Morgan fingerprint density at radius 1 is 0.714 bits per heavy atom. The van der Waals surface area contributed by atoms with E-state index in [1.807, 2.05) is 0 Å². The van der Waals surface area contributed by atoms with Gasteiger partial charge in [-0.25, -0.2) is 0 Å². The lowest BCUT2D eigenvalue weighted by molar-refractivity contribution is -0.250. The number of benzene rings is 3. The van der Waals surface area contributed by atoms with E-state index >= 15 is 0 Å². The van der Waals surface area contributed by atoms with Gasteiger partial charge in [-0.05, 0) is 165 Å². The van der Waals surface area contributed by atoms with Crippen LogP contribution in [0, 0.1) is 56.7 Å². The summed E-state index contributed by atoms with van der Waals surface area (Å²) in [5, 5.41) is 15.3. The fourth-order valence-electron chi connectivity index (χ4n) is 15.2. The van der Waals surface area contributed by atoms with Crippen molar-refractivity contribution in [2.24, 2.45) is 56.7 Å². The molecule has 3 nitrogen and oxygen atoms in total. The van der Waals surface area contributed by atoms with Gasteiger partial charge in [-0.2, -0.15) is 0 Å². The third-order valence-corrected chi connectivity index (χ3v) is 22.7. The summed E-state index contributed by atoms with van der Waals surface area (Å²) < 4.78 is 6.53. The highest BCUT2D eigenvalue weighted by atomic mass is 31.2. The van der Waals surface area contributed by atoms with Gasteiger partial charge >= 0.3 is 5.97 Å². The predicted octanol–water partition coefficient (Wildman–Crippen LogP) is 11.3. The summed E-state index contributed by atoms with van der Waals surface area (Å²) in [5.74, 6) is 2.88. The second-order valence-corrected chi connectivity index (χ2v) is 24.3. The fourth-order valence-corrected chi connectivity index (χ4v) is 19.5. The second-order valence-electron chi connectivity index (χ2n) is 20.7. The molecule has 0 aromatic heterocycles. The van der Waals surface area contributed by atoms with Gasteiger partial charge in [-0.3, -0.25) is 4.79 Å². The van der Waals surface area contributed by atoms with Crippen molar-refractivity contribution in [2.45, 2.75) is 125 Å². The van der Waals surface area contributed by atoms with Crippen LogP contribution in [0.3, 0.4) is 0 Å². The minimum absolute atomic E-state index is 0.0257. The molecular weight excluding hydrogens is 704 g/mol. The largest absolute Gasteiger partial charge is 0.465 e. The molecule has 8 rings (SSSR count). The Balaban J connectivity index is 1.01. The van der Waals surface area contributed by atoms with E-state index in [0.29, 0.717) is 42.6 Å². The molecule has 0 saturated heterocycles. The van der Waals surface area contributed by atoms with Gasteiger partial charge in [0, 0.05) is 11.8 Å². The van der Waals surface area contributed by atoms with Gasteiger partial charge in [0.05, 0.1) is 18.9 Å². The Hall–Kier alpha value is -2.74. The number of fused-ring (bicyclic) bond motifs is 7. The van der Waals surface area contributed by atoms with Gasteiger partial charge in [0.15, 0.2) is 0 Å². The summed E-state index contributed by atoms with van der Waals surface area (Å²) in [5.41, 5.74) is 2.15. The van der Waals surface area contributed by atoms with Crippen LogP contribution in [-0.4, -0.2) is 29.9 Å². The molecule has 3 aromatic rings. The average molecular weight is 774 g/mol. The molecule has 0 heterocycles. The van der Waals surface area contributed by atoms with E-state index < -0.39 is 7.26 Å². The number of ether oxygens (including phenoxy) is 1. The normalized spacial score (nSPS) is 37.3. The van der Waals surface area contributed by atoms with E-state index in [9.17, 15) is 9.90 Å². The lowest BCUT2D eigenvalue weighted by atomic mass is 9.32. The summed E-state index contributed by atoms with van der Waals surface area (Å²) in [6, 6.07) is 33.0.